The lowest BCUT2D eigenvalue weighted by atomic mass is 10.1. The highest BCUT2D eigenvalue weighted by Gasteiger charge is 2.05. The van der Waals surface area contributed by atoms with Crippen LogP contribution in [-0.4, -0.2) is 17.4 Å². The van der Waals surface area contributed by atoms with Crippen LogP contribution in [0.3, 0.4) is 0 Å². The van der Waals surface area contributed by atoms with Crippen LogP contribution in [0.2, 0.25) is 0 Å². The van der Waals surface area contributed by atoms with Crippen LogP contribution in [0.25, 0.3) is 0 Å². The summed E-state index contributed by atoms with van der Waals surface area (Å²) in [7, 11) is 0. The average molecular weight is 281 g/mol. The Morgan fingerprint density at radius 3 is 2.67 bits per heavy atom. The van der Waals surface area contributed by atoms with Gasteiger partial charge in [0.25, 0.3) is 5.91 Å². The maximum atomic E-state index is 11.9. The molecule has 106 valence electrons. The molecule has 0 bridgehead atoms. The first-order valence-electron chi connectivity index (χ1n) is 6.44. The molecule has 0 aliphatic heterocycles. The van der Waals surface area contributed by atoms with Gasteiger partial charge in [-0.1, -0.05) is 24.0 Å². The first-order chi connectivity index (χ1) is 10.2. The van der Waals surface area contributed by atoms with Crippen molar-refractivity contribution in [3.63, 3.8) is 0 Å². The Hall–Kier alpha value is -2.84. The number of aromatic nitrogens is 1. The normalized spacial score (nSPS) is 9.57. The summed E-state index contributed by atoms with van der Waals surface area (Å²) in [6.45, 7) is 0.713. The number of aromatic amines is 1. The molecule has 2 rings (SSSR count). The third kappa shape index (κ3) is 4.34. The van der Waals surface area contributed by atoms with Gasteiger partial charge in [0.05, 0.1) is 6.54 Å². The Kier molecular flexibility index (Phi) is 4.91. The second kappa shape index (κ2) is 7.08. The van der Waals surface area contributed by atoms with E-state index in [-0.39, 0.29) is 11.5 Å². The van der Waals surface area contributed by atoms with Crippen molar-refractivity contribution >= 4 is 5.91 Å². The van der Waals surface area contributed by atoms with Crippen LogP contribution in [-0.2, 0) is 6.54 Å². The molecule has 1 amide bonds. The zero-order valence-corrected chi connectivity index (χ0v) is 11.3. The number of nitrogens with two attached hydrogens (primary N) is 1. The molecule has 1 heterocycles. The predicted octanol–water partition coefficient (Wildman–Crippen LogP) is 0.615. The van der Waals surface area contributed by atoms with Crippen LogP contribution in [0.5, 0.6) is 0 Å². The number of benzene rings is 1. The van der Waals surface area contributed by atoms with Crippen molar-refractivity contribution in [3.05, 3.63) is 69.6 Å². The van der Waals surface area contributed by atoms with Gasteiger partial charge in [0, 0.05) is 29.9 Å². The third-order valence-corrected chi connectivity index (χ3v) is 2.78. The number of hydrogen-bond acceptors (Lipinski definition) is 3. The van der Waals surface area contributed by atoms with Gasteiger partial charge in [0.1, 0.15) is 0 Å². The van der Waals surface area contributed by atoms with Gasteiger partial charge in [-0.15, -0.1) is 0 Å². The van der Waals surface area contributed by atoms with Crippen molar-refractivity contribution in [1.82, 2.24) is 10.3 Å². The molecule has 21 heavy (non-hydrogen) atoms. The van der Waals surface area contributed by atoms with E-state index in [0.29, 0.717) is 18.7 Å². The predicted molar refractivity (Wildman–Crippen MR) is 80.6 cm³/mol. The highest BCUT2D eigenvalue weighted by Crippen LogP contribution is 2.03. The minimum atomic E-state index is -0.300. The summed E-state index contributed by atoms with van der Waals surface area (Å²) in [4.78, 5) is 25.5. The summed E-state index contributed by atoms with van der Waals surface area (Å²) in [5.74, 6) is 5.42. The maximum absolute atomic E-state index is 11.9. The molecule has 4 N–H and O–H groups in total. The second-order valence-electron chi connectivity index (χ2n) is 4.33. The molecule has 1 aromatic carbocycles. The van der Waals surface area contributed by atoms with Gasteiger partial charge < -0.3 is 16.0 Å². The monoisotopic (exact) mass is 281 g/mol. The largest absolute Gasteiger partial charge is 0.348 e. The van der Waals surface area contributed by atoms with E-state index in [1.165, 1.54) is 12.3 Å². The van der Waals surface area contributed by atoms with E-state index >= 15 is 0 Å². The summed E-state index contributed by atoms with van der Waals surface area (Å²) in [5.41, 5.74) is 7.17. The van der Waals surface area contributed by atoms with Gasteiger partial charge >= 0.3 is 0 Å². The van der Waals surface area contributed by atoms with E-state index in [2.05, 4.69) is 22.1 Å². The highest BCUT2D eigenvalue weighted by atomic mass is 16.2. The number of carbonyl (C=O) groups excluding carboxylic acids is 1. The molecule has 0 radical (unpaired) electrons. The zero-order chi connectivity index (χ0) is 15.1. The number of nitrogens with one attached hydrogen (secondary N) is 2. The number of hydrogen-bond donors (Lipinski definition) is 3. The Morgan fingerprint density at radius 2 is 2.00 bits per heavy atom. The topological polar surface area (TPSA) is 88.0 Å². The molecule has 0 aliphatic carbocycles. The summed E-state index contributed by atoms with van der Waals surface area (Å²) < 4.78 is 0. The fourth-order valence-electron chi connectivity index (χ4n) is 1.73. The molecule has 5 nitrogen and oxygen atoms in total. The van der Waals surface area contributed by atoms with E-state index < -0.39 is 0 Å². The van der Waals surface area contributed by atoms with Crippen molar-refractivity contribution in [3.8, 4) is 11.8 Å². The molecule has 1 aromatic heterocycles. The van der Waals surface area contributed by atoms with E-state index in [1.807, 2.05) is 24.3 Å². The van der Waals surface area contributed by atoms with Crippen molar-refractivity contribution in [2.45, 2.75) is 6.54 Å². The standard InChI is InChI=1S/C16H15N3O2/c17-8-1-2-12-3-5-13(6-4-12)11-19-16(21)14-7-9-18-15(20)10-14/h3-7,9-10H,8,11,17H2,(H,18,20)(H,19,21). The number of rotatable bonds is 3. The van der Waals surface area contributed by atoms with E-state index in [9.17, 15) is 9.59 Å². The lowest BCUT2D eigenvalue weighted by molar-refractivity contribution is 0.0950. The molecule has 0 saturated heterocycles. The van der Waals surface area contributed by atoms with Crippen LogP contribution >= 0.6 is 0 Å². The summed E-state index contributed by atoms with van der Waals surface area (Å²) in [6.07, 6.45) is 1.45. The van der Waals surface area contributed by atoms with Crippen LogP contribution < -0.4 is 16.6 Å². The lowest BCUT2D eigenvalue weighted by Gasteiger charge is -2.05. The molecular weight excluding hydrogens is 266 g/mol. The molecule has 5 heteroatoms. The lowest BCUT2D eigenvalue weighted by Crippen LogP contribution is -2.24. The first kappa shape index (κ1) is 14.6. The van der Waals surface area contributed by atoms with Crippen molar-refractivity contribution in [2.24, 2.45) is 5.73 Å². The second-order valence-corrected chi connectivity index (χ2v) is 4.33. The van der Waals surface area contributed by atoms with Gasteiger partial charge in [0.15, 0.2) is 0 Å². The van der Waals surface area contributed by atoms with Crippen molar-refractivity contribution in [1.29, 1.82) is 0 Å². The Labute approximate surface area is 122 Å². The van der Waals surface area contributed by atoms with Crippen molar-refractivity contribution < 1.29 is 4.79 Å². The summed E-state index contributed by atoms with van der Waals surface area (Å²) in [6, 6.07) is 10.3. The van der Waals surface area contributed by atoms with Gasteiger partial charge in [-0.3, -0.25) is 9.59 Å². The smallest absolute Gasteiger partial charge is 0.251 e. The van der Waals surface area contributed by atoms with Crippen LogP contribution in [0.15, 0.2) is 47.4 Å². The number of pyridine rings is 1. The average Bonchev–Trinajstić information content (AvgIpc) is 2.51. The van der Waals surface area contributed by atoms with Gasteiger partial charge in [-0.2, -0.15) is 0 Å². The fourth-order valence-corrected chi connectivity index (χ4v) is 1.73. The van der Waals surface area contributed by atoms with Crippen LogP contribution in [0.1, 0.15) is 21.5 Å². The van der Waals surface area contributed by atoms with E-state index in [0.717, 1.165) is 11.1 Å². The van der Waals surface area contributed by atoms with E-state index in [1.54, 1.807) is 6.07 Å². The SMILES string of the molecule is NCC#Cc1ccc(CNC(=O)c2cc[nH]c(=O)c2)cc1. The maximum Gasteiger partial charge on any atom is 0.251 e. The Morgan fingerprint density at radius 1 is 1.24 bits per heavy atom. The number of H-pyrrole nitrogens is 1. The Balaban J connectivity index is 1.96. The molecule has 0 atom stereocenters. The summed E-state index contributed by atoms with van der Waals surface area (Å²) in [5, 5.41) is 2.76. The molecule has 0 unspecified atom stereocenters. The number of carbonyl (C=O) groups is 1. The number of amides is 1. The van der Waals surface area contributed by atoms with Crippen molar-refractivity contribution in [2.75, 3.05) is 6.54 Å². The van der Waals surface area contributed by atoms with Gasteiger partial charge in [-0.05, 0) is 23.8 Å². The molecule has 0 saturated carbocycles. The van der Waals surface area contributed by atoms with Crippen LogP contribution in [0.4, 0.5) is 0 Å². The highest BCUT2D eigenvalue weighted by molar-refractivity contribution is 5.93. The molecule has 2 aromatic rings. The first-order valence-corrected chi connectivity index (χ1v) is 6.44. The minimum absolute atomic E-state index is 0.284. The zero-order valence-electron chi connectivity index (χ0n) is 11.3. The molecule has 0 spiro atoms. The third-order valence-electron chi connectivity index (χ3n) is 2.78. The minimum Gasteiger partial charge on any atom is -0.348 e. The quantitative estimate of drug-likeness (QED) is 0.720. The molecular formula is C16H15N3O2. The summed E-state index contributed by atoms with van der Waals surface area (Å²) >= 11 is 0. The fraction of sp³-hybridized carbons (Fsp3) is 0.125. The van der Waals surface area contributed by atoms with Gasteiger partial charge in [-0.25, -0.2) is 0 Å². The van der Waals surface area contributed by atoms with Gasteiger partial charge in [0.2, 0.25) is 5.56 Å². The van der Waals surface area contributed by atoms with Crippen LogP contribution in [0, 0.1) is 11.8 Å². The van der Waals surface area contributed by atoms with E-state index in [4.69, 9.17) is 5.73 Å². The Bertz CT molecular complexity index is 736. The molecule has 0 aliphatic rings. The molecule has 0 fully saturated rings.